The highest BCUT2D eigenvalue weighted by atomic mass is 19.3. The number of piperidine rings is 1. The van der Waals surface area contributed by atoms with E-state index in [1.54, 1.807) is 0 Å². The molecule has 0 amide bonds. The van der Waals surface area contributed by atoms with Gasteiger partial charge in [0.1, 0.15) is 0 Å². The third-order valence-corrected chi connectivity index (χ3v) is 2.29. The van der Waals surface area contributed by atoms with Crippen molar-refractivity contribution in [3.05, 3.63) is 0 Å². The molecular formula is C9H17F2N. The fourth-order valence-electron chi connectivity index (χ4n) is 1.86. The Kier molecular flexibility index (Phi) is 3.04. The van der Waals surface area contributed by atoms with Gasteiger partial charge in [0.15, 0.2) is 0 Å². The Hall–Kier alpha value is -0.180. The van der Waals surface area contributed by atoms with Gasteiger partial charge in [0.05, 0.1) is 0 Å². The molecule has 1 fully saturated rings. The molecule has 1 heterocycles. The molecule has 1 saturated heterocycles. The van der Waals surface area contributed by atoms with Gasteiger partial charge in [-0.05, 0) is 24.7 Å². The molecule has 0 bridgehead atoms. The fraction of sp³-hybridized carbons (Fsp3) is 1.00. The molecular weight excluding hydrogens is 160 g/mol. The maximum absolute atomic E-state index is 12.8. The molecule has 1 atom stereocenters. The maximum atomic E-state index is 12.8. The molecule has 1 N–H and O–H groups in total. The molecule has 0 saturated carbocycles. The summed E-state index contributed by atoms with van der Waals surface area (Å²) in [6.45, 7) is 4.63. The van der Waals surface area contributed by atoms with Crippen LogP contribution in [0.25, 0.3) is 0 Å². The van der Waals surface area contributed by atoms with Gasteiger partial charge in [0.2, 0.25) is 0 Å². The van der Waals surface area contributed by atoms with Gasteiger partial charge >= 0.3 is 6.05 Å². The van der Waals surface area contributed by atoms with Gasteiger partial charge in [-0.2, -0.15) is 8.78 Å². The lowest BCUT2D eigenvalue weighted by molar-refractivity contribution is -0.0765. The van der Waals surface area contributed by atoms with Crippen molar-refractivity contribution in [3.63, 3.8) is 0 Å². The van der Waals surface area contributed by atoms with E-state index in [1.165, 1.54) is 0 Å². The molecule has 0 radical (unpaired) electrons. The Morgan fingerprint density at radius 2 is 2.17 bits per heavy atom. The summed E-state index contributed by atoms with van der Waals surface area (Å²) >= 11 is 0. The molecule has 1 aliphatic heterocycles. The molecule has 0 aromatic heterocycles. The van der Waals surface area contributed by atoms with Gasteiger partial charge in [-0.15, -0.1) is 0 Å². The molecule has 0 spiro atoms. The first-order chi connectivity index (χ1) is 5.49. The highest BCUT2D eigenvalue weighted by Gasteiger charge is 2.35. The maximum Gasteiger partial charge on any atom is 0.302 e. The van der Waals surface area contributed by atoms with E-state index in [-0.39, 0.29) is 12.3 Å². The van der Waals surface area contributed by atoms with Crippen LogP contribution in [0.15, 0.2) is 0 Å². The Balaban J connectivity index is 2.36. The summed E-state index contributed by atoms with van der Waals surface area (Å²) in [5, 5.41) is 2.23. The van der Waals surface area contributed by atoms with Gasteiger partial charge in [-0.1, -0.05) is 13.8 Å². The van der Waals surface area contributed by atoms with Gasteiger partial charge in [-0.25, -0.2) is 0 Å². The van der Waals surface area contributed by atoms with Crippen molar-refractivity contribution >= 4 is 0 Å². The lowest BCUT2D eigenvalue weighted by Gasteiger charge is -2.30. The zero-order valence-corrected chi connectivity index (χ0v) is 7.74. The second-order valence-corrected chi connectivity index (χ2v) is 4.12. The highest BCUT2D eigenvalue weighted by molar-refractivity contribution is 4.77. The summed E-state index contributed by atoms with van der Waals surface area (Å²) in [6, 6.07) is -2.61. The van der Waals surface area contributed by atoms with Crippen LogP contribution in [0.4, 0.5) is 8.78 Å². The minimum atomic E-state index is -2.61. The molecule has 0 aromatic carbocycles. The van der Waals surface area contributed by atoms with Crippen molar-refractivity contribution in [2.45, 2.75) is 39.2 Å². The second-order valence-electron chi connectivity index (χ2n) is 4.12. The molecule has 1 unspecified atom stereocenters. The number of alkyl halides is 2. The zero-order valence-electron chi connectivity index (χ0n) is 7.74. The standard InChI is InChI=1S/C9H17F2N/c1-7(2)5-8-3-4-12-9(10,11)6-8/h7-8,12H,3-6H2,1-2H3. The smallest absolute Gasteiger partial charge is 0.258 e. The summed E-state index contributed by atoms with van der Waals surface area (Å²) < 4.78 is 25.6. The summed E-state index contributed by atoms with van der Waals surface area (Å²) in [4.78, 5) is 0. The molecule has 0 aromatic rings. The van der Waals surface area contributed by atoms with Crippen LogP contribution < -0.4 is 5.32 Å². The Labute approximate surface area is 72.5 Å². The summed E-state index contributed by atoms with van der Waals surface area (Å²) in [6.07, 6.45) is 1.84. The van der Waals surface area contributed by atoms with Crippen molar-refractivity contribution in [3.8, 4) is 0 Å². The first-order valence-electron chi connectivity index (χ1n) is 4.62. The molecule has 1 aliphatic rings. The predicted molar refractivity (Wildman–Crippen MR) is 45.1 cm³/mol. The number of halogens is 2. The van der Waals surface area contributed by atoms with Crippen LogP contribution in [0.1, 0.15) is 33.1 Å². The second kappa shape index (κ2) is 3.69. The van der Waals surface area contributed by atoms with Crippen LogP contribution in [0.5, 0.6) is 0 Å². The monoisotopic (exact) mass is 177 g/mol. The van der Waals surface area contributed by atoms with Crippen LogP contribution in [0, 0.1) is 11.8 Å². The third-order valence-electron chi connectivity index (χ3n) is 2.29. The normalized spacial score (nSPS) is 29.2. The van der Waals surface area contributed by atoms with E-state index in [0.29, 0.717) is 12.5 Å². The molecule has 72 valence electrons. The Morgan fingerprint density at radius 3 is 2.67 bits per heavy atom. The Morgan fingerprint density at radius 1 is 1.50 bits per heavy atom. The Bertz CT molecular complexity index is 145. The largest absolute Gasteiger partial charge is 0.302 e. The van der Waals surface area contributed by atoms with E-state index in [0.717, 1.165) is 12.8 Å². The SMILES string of the molecule is CC(C)CC1CCNC(F)(F)C1. The van der Waals surface area contributed by atoms with Gasteiger partial charge in [0, 0.05) is 13.0 Å². The molecule has 3 heteroatoms. The molecule has 1 rings (SSSR count). The van der Waals surface area contributed by atoms with Gasteiger partial charge in [0.25, 0.3) is 0 Å². The fourth-order valence-corrected chi connectivity index (χ4v) is 1.86. The highest BCUT2D eigenvalue weighted by Crippen LogP contribution is 2.30. The minimum Gasteiger partial charge on any atom is -0.258 e. The van der Waals surface area contributed by atoms with Crippen LogP contribution in [-0.2, 0) is 0 Å². The summed E-state index contributed by atoms with van der Waals surface area (Å²) in [5.74, 6) is 0.741. The minimum absolute atomic E-state index is 0.0190. The van der Waals surface area contributed by atoms with Crippen molar-refractivity contribution in [1.29, 1.82) is 0 Å². The van der Waals surface area contributed by atoms with E-state index in [2.05, 4.69) is 19.2 Å². The molecule has 1 nitrogen and oxygen atoms in total. The van der Waals surface area contributed by atoms with E-state index >= 15 is 0 Å². The van der Waals surface area contributed by atoms with Crippen LogP contribution in [-0.4, -0.2) is 12.6 Å². The van der Waals surface area contributed by atoms with Gasteiger partial charge < -0.3 is 0 Å². The van der Waals surface area contributed by atoms with Crippen molar-refractivity contribution in [1.82, 2.24) is 5.32 Å². The summed E-state index contributed by atoms with van der Waals surface area (Å²) in [5.41, 5.74) is 0. The topological polar surface area (TPSA) is 12.0 Å². The quantitative estimate of drug-likeness (QED) is 0.639. The van der Waals surface area contributed by atoms with Crippen molar-refractivity contribution in [2.75, 3.05) is 6.54 Å². The number of hydrogen-bond acceptors (Lipinski definition) is 1. The average molecular weight is 177 g/mol. The number of nitrogens with one attached hydrogen (secondary N) is 1. The van der Waals surface area contributed by atoms with Crippen LogP contribution in [0.2, 0.25) is 0 Å². The zero-order chi connectivity index (χ0) is 9.19. The predicted octanol–water partition coefficient (Wildman–Crippen LogP) is 2.62. The van der Waals surface area contributed by atoms with Gasteiger partial charge in [-0.3, -0.25) is 5.32 Å². The van der Waals surface area contributed by atoms with E-state index in [1.807, 2.05) is 0 Å². The lowest BCUT2D eigenvalue weighted by Crippen LogP contribution is -2.44. The van der Waals surface area contributed by atoms with Crippen molar-refractivity contribution < 1.29 is 8.78 Å². The van der Waals surface area contributed by atoms with Crippen molar-refractivity contribution in [2.24, 2.45) is 11.8 Å². The lowest BCUT2D eigenvalue weighted by atomic mass is 9.88. The van der Waals surface area contributed by atoms with E-state index in [4.69, 9.17) is 0 Å². The van der Waals surface area contributed by atoms with E-state index < -0.39 is 6.05 Å². The summed E-state index contributed by atoms with van der Waals surface area (Å²) in [7, 11) is 0. The molecule has 0 aliphatic carbocycles. The van der Waals surface area contributed by atoms with Crippen LogP contribution >= 0.6 is 0 Å². The average Bonchev–Trinajstić information content (AvgIpc) is 1.82. The number of rotatable bonds is 2. The van der Waals surface area contributed by atoms with E-state index in [9.17, 15) is 8.78 Å². The first-order valence-corrected chi connectivity index (χ1v) is 4.62. The van der Waals surface area contributed by atoms with Crippen LogP contribution in [0.3, 0.4) is 0 Å². The third kappa shape index (κ3) is 3.05. The number of hydrogen-bond donors (Lipinski definition) is 1. The molecule has 12 heavy (non-hydrogen) atoms. The first kappa shape index (κ1) is 9.90.